The fraction of sp³-hybridized carbons (Fsp3) is 0.250. The Kier molecular flexibility index (Phi) is 3.88. The van der Waals surface area contributed by atoms with Gasteiger partial charge in [0, 0.05) is 0 Å². The molecule has 1 atom stereocenters. The van der Waals surface area contributed by atoms with Gasteiger partial charge in [0.25, 0.3) is 0 Å². The van der Waals surface area contributed by atoms with Crippen LogP contribution in [0.5, 0.6) is 11.5 Å². The number of rotatable bonds is 4. The summed E-state index contributed by atoms with van der Waals surface area (Å²) in [5.41, 5.74) is 2.20. The minimum Gasteiger partial charge on any atom is -0.508 e. The van der Waals surface area contributed by atoms with Gasteiger partial charge in [0.2, 0.25) is 0 Å². The van der Waals surface area contributed by atoms with E-state index in [1.54, 1.807) is 12.1 Å². The molecule has 0 bridgehead atoms. The molecule has 0 aliphatic heterocycles. The molecule has 0 saturated carbocycles. The molecule has 0 amide bonds. The predicted molar refractivity (Wildman–Crippen MR) is 73.9 cm³/mol. The van der Waals surface area contributed by atoms with Crippen LogP contribution in [-0.2, 0) is 0 Å². The van der Waals surface area contributed by atoms with E-state index in [2.05, 4.69) is 13.8 Å². The van der Waals surface area contributed by atoms with Crippen LogP contribution in [0.25, 0.3) is 11.1 Å². The second-order valence-electron chi connectivity index (χ2n) is 4.41. The SMILES string of the molecule is CCC(C)Oc1ccc(-c2ccc(O)cc2)cc1. The summed E-state index contributed by atoms with van der Waals surface area (Å²) in [6.07, 6.45) is 1.24. The molecule has 0 heterocycles. The van der Waals surface area contributed by atoms with Crippen molar-refractivity contribution >= 4 is 0 Å². The molecule has 94 valence electrons. The Morgan fingerprint density at radius 2 is 1.44 bits per heavy atom. The highest BCUT2D eigenvalue weighted by Gasteiger charge is 2.02. The summed E-state index contributed by atoms with van der Waals surface area (Å²) in [7, 11) is 0. The van der Waals surface area contributed by atoms with Gasteiger partial charge in [-0.2, -0.15) is 0 Å². The molecular weight excluding hydrogens is 224 g/mol. The number of phenolic OH excluding ortho intramolecular Hbond substituents is 1. The molecule has 2 nitrogen and oxygen atoms in total. The fourth-order valence-corrected chi connectivity index (χ4v) is 1.70. The molecule has 0 saturated heterocycles. The van der Waals surface area contributed by atoms with Crippen molar-refractivity contribution in [3.63, 3.8) is 0 Å². The van der Waals surface area contributed by atoms with E-state index in [-0.39, 0.29) is 11.9 Å². The van der Waals surface area contributed by atoms with Gasteiger partial charge in [0.05, 0.1) is 6.10 Å². The Balaban J connectivity index is 2.14. The average Bonchev–Trinajstić information content (AvgIpc) is 2.40. The Morgan fingerprint density at radius 1 is 0.944 bits per heavy atom. The van der Waals surface area contributed by atoms with Crippen molar-refractivity contribution in [2.24, 2.45) is 0 Å². The molecule has 1 N–H and O–H groups in total. The van der Waals surface area contributed by atoms with E-state index in [1.165, 1.54) is 0 Å². The smallest absolute Gasteiger partial charge is 0.119 e. The van der Waals surface area contributed by atoms with Gasteiger partial charge in [-0.25, -0.2) is 0 Å². The van der Waals surface area contributed by atoms with E-state index in [0.29, 0.717) is 0 Å². The second-order valence-corrected chi connectivity index (χ2v) is 4.41. The zero-order valence-electron chi connectivity index (χ0n) is 10.8. The summed E-state index contributed by atoms with van der Waals surface area (Å²) >= 11 is 0. The van der Waals surface area contributed by atoms with Crippen LogP contribution in [0.1, 0.15) is 20.3 Å². The summed E-state index contributed by atoms with van der Waals surface area (Å²) in [4.78, 5) is 0. The normalized spacial score (nSPS) is 12.1. The number of benzene rings is 2. The van der Waals surface area contributed by atoms with Crippen LogP contribution < -0.4 is 4.74 Å². The van der Waals surface area contributed by atoms with Crippen LogP contribution in [0.15, 0.2) is 48.5 Å². The lowest BCUT2D eigenvalue weighted by Crippen LogP contribution is -2.09. The van der Waals surface area contributed by atoms with Crippen LogP contribution in [0.3, 0.4) is 0 Å². The fourth-order valence-electron chi connectivity index (χ4n) is 1.70. The van der Waals surface area contributed by atoms with Crippen LogP contribution in [0.4, 0.5) is 0 Å². The maximum Gasteiger partial charge on any atom is 0.119 e. The zero-order chi connectivity index (χ0) is 13.0. The van der Waals surface area contributed by atoms with Crippen LogP contribution in [0.2, 0.25) is 0 Å². The lowest BCUT2D eigenvalue weighted by atomic mass is 10.1. The molecule has 0 spiro atoms. The molecule has 2 heteroatoms. The van der Waals surface area contributed by atoms with Crippen molar-refractivity contribution in [3.8, 4) is 22.6 Å². The molecule has 2 aromatic carbocycles. The number of ether oxygens (including phenoxy) is 1. The maximum atomic E-state index is 9.25. The molecular formula is C16H18O2. The molecule has 0 fully saturated rings. The highest BCUT2D eigenvalue weighted by molar-refractivity contribution is 5.64. The van der Waals surface area contributed by atoms with Crippen molar-refractivity contribution in [2.75, 3.05) is 0 Å². The number of aromatic hydroxyl groups is 1. The lowest BCUT2D eigenvalue weighted by Gasteiger charge is -2.12. The quantitative estimate of drug-likeness (QED) is 0.869. The van der Waals surface area contributed by atoms with Crippen molar-refractivity contribution in [1.29, 1.82) is 0 Å². The third kappa shape index (κ3) is 3.04. The van der Waals surface area contributed by atoms with Gasteiger partial charge < -0.3 is 9.84 Å². The summed E-state index contributed by atoms with van der Waals surface area (Å²) < 4.78 is 5.73. The largest absolute Gasteiger partial charge is 0.508 e. The van der Waals surface area contributed by atoms with E-state index < -0.39 is 0 Å². The second kappa shape index (κ2) is 5.58. The van der Waals surface area contributed by atoms with Crippen LogP contribution >= 0.6 is 0 Å². The Hall–Kier alpha value is -1.96. The highest BCUT2D eigenvalue weighted by Crippen LogP contribution is 2.24. The highest BCUT2D eigenvalue weighted by atomic mass is 16.5. The first-order valence-corrected chi connectivity index (χ1v) is 6.25. The first kappa shape index (κ1) is 12.5. The van der Waals surface area contributed by atoms with Crippen molar-refractivity contribution in [3.05, 3.63) is 48.5 Å². The molecule has 0 radical (unpaired) electrons. The molecule has 2 rings (SSSR count). The van der Waals surface area contributed by atoms with Gasteiger partial charge in [0.15, 0.2) is 0 Å². The van der Waals surface area contributed by atoms with E-state index in [4.69, 9.17) is 4.74 Å². The summed E-state index contributed by atoms with van der Waals surface area (Å²) in [5.74, 6) is 1.18. The summed E-state index contributed by atoms with van der Waals surface area (Å²) in [6.45, 7) is 4.17. The Labute approximate surface area is 108 Å². The molecule has 1 unspecified atom stereocenters. The van der Waals surface area contributed by atoms with Crippen LogP contribution in [0, 0.1) is 0 Å². The first-order chi connectivity index (χ1) is 8.69. The topological polar surface area (TPSA) is 29.5 Å². The Bertz CT molecular complexity index is 486. The van der Waals surface area contributed by atoms with Crippen molar-refractivity contribution in [1.82, 2.24) is 0 Å². The standard InChI is InChI=1S/C16H18O2/c1-3-12(2)18-16-10-6-14(7-11-16)13-4-8-15(17)9-5-13/h4-12,17H,3H2,1-2H3. The minimum absolute atomic E-state index is 0.240. The van der Waals surface area contributed by atoms with Gasteiger partial charge in [0.1, 0.15) is 11.5 Å². The maximum absolute atomic E-state index is 9.25. The third-order valence-electron chi connectivity index (χ3n) is 2.97. The molecule has 0 aromatic heterocycles. The van der Waals surface area contributed by atoms with E-state index in [9.17, 15) is 5.11 Å². The Morgan fingerprint density at radius 3 is 1.94 bits per heavy atom. The monoisotopic (exact) mass is 242 g/mol. The summed E-state index contributed by atoms with van der Waals surface area (Å²) in [5, 5.41) is 9.25. The van der Waals surface area contributed by atoms with Crippen LogP contribution in [-0.4, -0.2) is 11.2 Å². The molecule has 0 aliphatic carbocycles. The third-order valence-corrected chi connectivity index (χ3v) is 2.97. The average molecular weight is 242 g/mol. The zero-order valence-corrected chi connectivity index (χ0v) is 10.8. The van der Waals surface area contributed by atoms with E-state index in [0.717, 1.165) is 23.3 Å². The predicted octanol–water partition coefficient (Wildman–Crippen LogP) is 4.24. The summed E-state index contributed by atoms with van der Waals surface area (Å²) in [6, 6.07) is 15.2. The van der Waals surface area contributed by atoms with Gasteiger partial charge in [-0.05, 0) is 48.7 Å². The van der Waals surface area contributed by atoms with Crippen molar-refractivity contribution < 1.29 is 9.84 Å². The molecule has 2 aromatic rings. The van der Waals surface area contributed by atoms with Gasteiger partial charge >= 0.3 is 0 Å². The van der Waals surface area contributed by atoms with Gasteiger partial charge in [-0.15, -0.1) is 0 Å². The van der Waals surface area contributed by atoms with Gasteiger partial charge in [-0.3, -0.25) is 0 Å². The van der Waals surface area contributed by atoms with E-state index >= 15 is 0 Å². The van der Waals surface area contributed by atoms with E-state index in [1.807, 2.05) is 36.4 Å². The minimum atomic E-state index is 0.240. The number of hydrogen-bond acceptors (Lipinski definition) is 2. The van der Waals surface area contributed by atoms with Gasteiger partial charge in [-0.1, -0.05) is 31.2 Å². The number of hydrogen-bond donors (Lipinski definition) is 1. The van der Waals surface area contributed by atoms with Crippen molar-refractivity contribution in [2.45, 2.75) is 26.4 Å². The molecule has 18 heavy (non-hydrogen) atoms. The first-order valence-electron chi connectivity index (χ1n) is 6.25. The lowest BCUT2D eigenvalue weighted by molar-refractivity contribution is 0.217. The number of phenols is 1. The molecule has 0 aliphatic rings.